The summed E-state index contributed by atoms with van der Waals surface area (Å²) < 4.78 is 0. The molecule has 0 aliphatic heterocycles. The third-order valence-electron chi connectivity index (χ3n) is 4.12. The van der Waals surface area contributed by atoms with Gasteiger partial charge in [-0.1, -0.05) is 32.6 Å². The minimum absolute atomic E-state index is 0.0625. The van der Waals surface area contributed by atoms with Crippen molar-refractivity contribution in [3.63, 3.8) is 0 Å². The Labute approximate surface area is 100 Å². The second-order valence-corrected chi connectivity index (χ2v) is 5.60. The number of hydrogen-bond acceptors (Lipinski definition) is 2. The van der Waals surface area contributed by atoms with Crippen LogP contribution in [0.3, 0.4) is 0 Å². The average molecular weight is 225 g/mol. The second-order valence-electron chi connectivity index (χ2n) is 5.60. The molecule has 2 unspecified atom stereocenters. The van der Waals surface area contributed by atoms with Crippen LogP contribution in [-0.2, 0) is 0 Å². The Kier molecular flexibility index (Phi) is 4.66. The molecule has 2 saturated carbocycles. The topological polar surface area (TPSA) is 23.5 Å². The van der Waals surface area contributed by atoms with E-state index >= 15 is 0 Å². The minimum atomic E-state index is -0.0625. The molecule has 0 saturated heterocycles. The Morgan fingerprint density at radius 2 is 1.69 bits per heavy atom. The molecule has 2 aliphatic rings. The molecule has 0 aromatic heterocycles. The first kappa shape index (κ1) is 12.4. The van der Waals surface area contributed by atoms with E-state index in [1.807, 2.05) is 0 Å². The van der Waals surface area contributed by atoms with E-state index in [-0.39, 0.29) is 6.10 Å². The summed E-state index contributed by atoms with van der Waals surface area (Å²) in [6.45, 7) is 3.44. The minimum Gasteiger partial charge on any atom is -0.391 e. The average Bonchev–Trinajstić information content (AvgIpc) is 3.06. The number of nitrogens with zero attached hydrogens (tertiary/aromatic N) is 1. The Morgan fingerprint density at radius 1 is 1.00 bits per heavy atom. The van der Waals surface area contributed by atoms with Crippen molar-refractivity contribution in [2.75, 3.05) is 6.54 Å². The summed E-state index contributed by atoms with van der Waals surface area (Å²) in [4.78, 5) is 2.62. The lowest BCUT2D eigenvalue weighted by Gasteiger charge is -2.36. The first-order chi connectivity index (χ1) is 7.83. The van der Waals surface area contributed by atoms with Gasteiger partial charge in [-0.25, -0.2) is 0 Å². The maximum atomic E-state index is 10.3. The van der Waals surface area contributed by atoms with Gasteiger partial charge in [0.15, 0.2) is 0 Å². The van der Waals surface area contributed by atoms with Crippen molar-refractivity contribution in [1.82, 2.24) is 4.90 Å². The molecule has 0 bridgehead atoms. The molecule has 2 fully saturated rings. The maximum Gasteiger partial charge on any atom is 0.0695 e. The largest absolute Gasteiger partial charge is 0.391 e. The van der Waals surface area contributed by atoms with Crippen molar-refractivity contribution < 1.29 is 5.11 Å². The van der Waals surface area contributed by atoms with Gasteiger partial charge in [-0.15, -0.1) is 0 Å². The third-order valence-corrected chi connectivity index (χ3v) is 4.12. The van der Waals surface area contributed by atoms with E-state index in [0.29, 0.717) is 6.04 Å². The zero-order chi connectivity index (χ0) is 11.4. The van der Waals surface area contributed by atoms with E-state index in [4.69, 9.17) is 0 Å². The fourth-order valence-corrected chi connectivity index (χ4v) is 3.12. The van der Waals surface area contributed by atoms with Crippen molar-refractivity contribution in [2.45, 2.75) is 82.9 Å². The maximum absolute atomic E-state index is 10.3. The van der Waals surface area contributed by atoms with Crippen molar-refractivity contribution >= 4 is 0 Å². The fraction of sp³-hybridized carbons (Fsp3) is 1.00. The zero-order valence-electron chi connectivity index (χ0n) is 10.7. The SMILES string of the molecule is CCCN(C1CC1)C1CCCCCCC1O. The third kappa shape index (κ3) is 3.21. The lowest BCUT2D eigenvalue weighted by Crippen LogP contribution is -2.45. The highest BCUT2D eigenvalue weighted by molar-refractivity contribution is 4.91. The van der Waals surface area contributed by atoms with Crippen LogP contribution in [-0.4, -0.2) is 34.7 Å². The molecule has 2 rings (SSSR count). The smallest absolute Gasteiger partial charge is 0.0695 e. The molecule has 94 valence electrons. The van der Waals surface area contributed by atoms with Crippen LogP contribution in [0.4, 0.5) is 0 Å². The predicted octanol–water partition coefficient (Wildman–Crippen LogP) is 2.94. The molecular formula is C14H27NO. The summed E-state index contributed by atoms with van der Waals surface area (Å²) in [6.07, 6.45) is 11.4. The standard InChI is InChI=1S/C14H27NO/c1-2-11-15(12-9-10-12)13-7-5-3-4-6-8-14(13)16/h12-14,16H,2-11H2,1H3. The molecule has 16 heavy (non-hydrogen) atoms. The summed E-state index contributed by atoms with van der Waals surface area (Å²) in [7, 11) is 0. The molecule has 2 nitrogen and oxygen atoms in total. The molecule has 0 aromatic carbocycles. The van der Waals surface area contributed by atoms with Crippen LogP contribution >= 0.6 is 0 Å². The van der Waals surface area contributed by atoms with Crippen LogP contribution < -0.4 is 0 Å². The van der Waals surface area contributed by atoms with E-state index in [0.717, 1.165) is 12.5 Å². The van der Waals surface area contributed by atoms with Crippen LogP contribution in [0.25, 0.3) is 0 Å². The molecular weight excluding hydrogens is 198 g/mol. The van der Waals surface area contributed by atoms with Crippen LogP contribution in [0, 0.1) is 0 Å². The van der Waals surface area contributed by atoms with Crippen molar-refractivity contribution in [3.8, 4) is 0 Å². The van der Waals surface area contributed by atoms with Crippen molar-refractivity contribution in [3.05, 3.63) is 0 Å². The lowest BCUT2D eigenvalue weighted by molar-refractivity contribution is 0.0266. The van der Waals surface area contributed by atoms with Gasteiger partial charge in [0.25, 0.3) is 0 Å². The zero-order valence-corrected chi connectivity index (χ0v) is 10.7. The molecule has 0 heterocycles. The molecule has 2 heteroatoms. The molecule has 1 N–H and O–H groups in total. The molecule has 2 aliphatic carbocycles. The Balaban J connectivity index is 1.95. The van der Waals surface area contributed by atoms with Crippen LogP contribution in [0.1, 0.15) is 64.7 Å². The van der Waals surface area contributed by atoms with E-state index in [2.05, 4.69) is 11.8 Å². The summed E-state index contributed by atoms with van der Waals surface area (Å²) >= 11 is 0. The summed E-state index contributed by atoms with van der Waals surface area (Å²) in [6, 6.07) is 1.27. The summed E-state index contributed by atoms with van der Waals surface area (Å²) in [5.74, 6) is 0. The molecule has 0 radical (unpaired) electrons. The first-order valence-corrected chi connectivity index (χ1v) is 7.26. The highest BCUT2D eigenvalue weighted by Gasteiger charge is 2.36. The number of rotatable bonds is 4. The predicted molar refractivity (Wildman–Crippen MR) is 67.5 cm³/mol. The molecule has 0 amide bonds. The second kappa shape index (κ2) is 6.02. The molecule has 0 spiro atoms. The fourth-order valence-electron chi connectivity index (χ4n) is 3.12. The lowest BCUT2D eigenvalue weighted by atomic mass is 9.93. The highest BCUT2D eigenvalue weighted by Crippen LogP contribution is 2.33. The van der Waals surface area contributed by atoms with Gasteiger partial charge in [0, 0.05) is 12.1 Å². The van der Waals surface area contributed by atoms with Gasteiger partial charge in [0.2, 0.25) is 0 Å². The van der Waals surface area contributed by atoms with Crippen LogP contribution in [0.15, 0.2) is 0 Å². The summed E-state index contributed by atoms with van der Waals surface area (Å²) in [5.41, 5.74) is 0. The monoisotopic (exact) mass is 225 g/mol. The number of hydrogen-bond donors (Lipinski definition) is 1. The van der Waals surface area contributed by atoms with Gasteiger partial charge < -0.3 is 5.11 Å². The van der Waals surface area contributed by atoms with Gasteiger partial charge in [-0.3, -0.25) is 4.90 Å². The van der Waals surface area contributed by atoms with Gasteiger partial charge in [-0.2, -0.15) is 0 Å². The van der Waals surface area contributed by atoms with E-state index in [9.17, 15) is 5.11 Å². The van der Waals surface area contributed by atoms with Crippen molar-refractivity contribution in [2.24, 2.45) is 0 Å². The van der Waals surface area contributed by atoms with E-state index in [1.165, 1.54) is 57.9 Å². The van der Waals surface area contributed by atoms with Gasteiger partial charge in [0.05, 0.1) is 6.10 Å². The normalized spacial score (nSPS) is 32.4. The van der Waals surface area contributed by atoms with Gasteiger partial charge >= 0.3 is 0 Å². The number of aliphatic hydroxyl groups excluding tert-OH is 1. The van der Waals surface area contributed by atoms with Crippen LogP contribution in [0.2, 0.25) is 0 Å². The Morgan fingerprint density at radius 3 is 2.31 bits per heavy atom. The van der Waals surface area contributed by atoms with Crippen LogP contribution in [0.5, 0.6) is 0 Å². The van der Waals surface area contributed by atoms with Gasteiger partial charge in [0.1, 0.15) is 0 Å². The van der Waals surface area contributed by atoms with Gasteiger partial charge in [-0.05, 0) is 38.6 Å². The first-order valence-electron chi connectivity index (χ1n) is 7.26. The quantitative estimate of drug-likeness (QED) is 0.795. The van der Waals surface area contributed by atoms with E-state index in [1.54, 1.807) is 0 Å². The Bertz CT molecular complexity index is 203. The Hall–Kier alpha value is -0.0800. The van der Waals surface area contributed by atoms with Crippen molar-refractivity contribution in [1.29, 1.82) is 0 Å². The highest BCUT2D eigenvalue weighted by atomic mass is 16.3. The molecule has 2 atom stereocenters. The number of aliphatic hydroxyl groups is 1. The summed E-state index contributed by atoms with van der Waals surface area (Å²) in [5, 5.41) is 10.3. The molecule has 0 aromatic rings. The van der Waals surface area contributed by atoms with E-state index < -0.39 is 0 Å².